The molecule has 0 radical (unpaired) electrons. The van der Waals surface area contributed by atoms with Gasteiger partial charge in [-0.1, -0.05) is 25.7 Å². The first kappa shape index (κ1) is 13.5. The first-order valence-electron chi connectivity index (χ1n) is 7.88. The summed E-state index contributed by atoms with van der Waals surface area (Å²) in [4.78, 5) is 21.2. The molecule has 0 spiro atoms. The van der Waals surface area contributed by atoms with Crippen molar-refractivity contribution < 1.29 is 4.79 Å². The van der Waals surface area contributed by atoms with E-state index in [-0.39, 0.29) is 5.91 Å². The Kier molecular flexibility index (Phi) is 3.99. The van der Waals surface area contributed by atoms with Gasteiger partial charge in [-0.2, -0.15) is 0 Å². The van der Waals surface area contributed by atoms with Gasteiger partial charge >= 0.3 is 0 Å². The fourth-order valence-electron chi connectivity index (χ4n) is 2.93. The van der Waals surface area contributed by atoms with Crippen molar-refractivity contribution in [2.45, 2.75) is 70.3 Å². The molecular formula is C16H23N3O. The molecule has 0 aromatic carbocycles. The van der Waals surface area contributed by atoms with Gasteiger partial charge in [0, 0.05) is 18.2 Å². The Balaban J connectivity index is 1.66. The van der Waals surface area contributed by atoms with Crippen LogP contribution in [-0.2, 0) is 0 Å². The second-order valence-electron chi connectivity index (χ2n) is 6.16. The van der Waals surface area contributed by atoms with E-state index in [0.717, 1.165) is 24.4 Å². The summed E-state index contributed by atoms with van der Waals surface area (Å²) >= 11 is 0. The minimum atomic E-state index is -0.00301. The quantitative estimate of drug-likeness (QED) is 0.861. The third kappa shape index (κ3) is 3.17. The van der Waals surface area contributed by atoms with Crippen molar-refractivity contribution in [3.63, 3.8) is 0 Å². The van der Waals surface area contributed by atoms with Gasteiger partial charge in [-0.3, -0.25) is 4.79 Å². The van der Waals surface area contributed by atoms with Crippen molar-refractivity contribution in [1.82, 2.24) is 15.3 Å². The summed E-state index contributed by atoms with van der Waals surface area (Å²) in [5.74, 6) is 1.44. The highest BCUT2D eigenvalue weighted by Crippen LogP contribution is 2.37. The molecule has 0 unspecified atom stereocenters. The van der Waals surface area contributed by atoms with Crippen LogP contribution in [-0.4, -0.2) is 21.9 Å². The van der Waals surface area contributed by atoms with Gasteiger partial charge in [-0.05, 0) is 32.6 Å². The number of aryl methyl sites for hydroxylation is 1. The van der Waals surface area contributed by atoms with Crippen LogP contribution < -0.4 is 5.32 Å². The van der Waals surface area contributed by atoms with Crippen molar-refractivity contribution in [2.24, 2.45) is 0 Å². The van der Waals surface area contributed by atoms with Crippen LogP contribution in [0.15, 0.2) is 6.20 Å². The second-order valence-corrected chi connectivity index (χ2v) is 6.16. The third-order valence-corrected chi connectivity index (χ3v) is 4.38. The van der Waals surface area contributed by atoms with Crippen LogP contribution in [0.2, 0.25) is 0 Å². The zero-order chi connectivity index (χ0) is 13.9. The Morgan fingerprint density at radius 2 is 1.85 bits per heavy atom. The molecule has 20 heavy (non-hydrogen) atoms. The Bertz CT molecular complexity index is 488. The molecule has 2 aliphatic carbocycles. The minimum Gasteiger partial charge on any atom is -0.349 e. The standard InChI is InChI=1S/C16H23N3O/c1-11-14(10-17-15(18-11)12-8-9-12)16(20)19-13-6-4-2-3-5-7-13/h10,12-13H,2-9H2,1H3,(H,19,20). The van der Waals surface area contributed by atoms with Crippen LogP contribution >= 0.6 is 0 Å². The Labute approximate surface area is 120 Å². The van der Waals surface area contributed by atoms with E-state index in [1.807, 2.05) is 6.92 Å². The lowest BCUT2D eigenvalue weighted by atomic mass is 10.1. The second kappa shape index (κ2) is 5.90. The van der Waals surface area contributed by atoms with Gasteiger partial charge in [-0.25, -0.2) is 9.97 Å². The van der Waals surface area contributed by atoms with E-state index >= 15 is 0 Å². The number of hydrogen-bond acceptors (Lipinski definition) is 3. The lowest BCUT2D eigenvalue weighted by Gasteiger charge is -2.16. The van der Waals surface area contributed by atoms with Gasteiger partial charge in [0.2, 0.25) is 0 Å². The fourth-order valence-corrected chi connectivity index (χ4v) is 2.93. The van der Waals surface area contributed by atoms with Crippen LogP contribution in [0.4, 0.5) is 0 Å². The first-order chi connectivity index (χ1) is 9.74. The number of amides is 1. The summed E-state index contributed by atoms with van der Waals surface area (Å²) in [6, 6.07) is 0.326. The number of aromatic nitrogens is 2. The monoisotopic (exact) mass is 273 g/mol. The molecule has 0 aliphatic heterocycles. The summed E-state index contributed by atoms with van der Waals surface area (Å²) in [5.41, 5.74) is 1.45. The molecular weight excluding hydrogens is 250 g/mol. The Hall–Kier alpha value is -1.45. The van der Waals surface area contributed by atoms with Crippen molar-refractivity contribution >= 4 is 5.91 Å². The number of nitrogens with one attached hydrogen (secondary N) is 1. The van der Waals surface area contributed by atoms with E-state index in [9.17, 15) is 4.79 Å². The van der Waals surface area contributed by atoms with Crippen LogP contribution in [0.3, 0.4) is 0 Å². The molecule has 4 nitrogen and oxygen atoms in total. The predicted octanol–water partition coefficient (Wildman–Crippen LogP) is 3.12. The van der Waals surface area contributed by atoms with Crippen molar-refractivity contribution in [3.05, 3.63) is 23.3 Å². The fraction of sp³-hybridized carbons (Fsp3) is 0.688. The van der Waals surface area contributed by atoms with E-state index < -0.39 is 0 Å². The van der Waals surface area contributed by atoms with Gasteiger partial charge < -0.3 is 5.32 Å². The summed E-state index contributed by atoms with van der Waals surface area (Å²) in [6.45, 7) is 1.91. The predicted molar refractivity (Wildman–Crippen MR) is 77.7 cm³/mol. The number of carbonyl (C=O) groups excluding carboxylic acids is 1. The highest BCUT2D eigenvalue weighted by Gasteiger charge is 2.27. The first-order valence-corrected chi connectivity index (χ1v) is 7.88. The maximum Gasteiger partial charge on any atom is 0.254 e. The average Bonchev–Trinajstić information content (AvgIpc) is 3.26. The van der Waals surface area contributed by atoms with Crippen molar-refractivity contribution in [1.29, 1.82) is 0 Å². The lowest BCUT2D eigenvalue weighted by molar-refractivity contribution is 0.0932. The van der Waals surface area contributed by atoms with E-state index in [1.165, 1.54) is 38.5 Å². The number of carbonyl (C=O) groups is 1. The molecule has 4 heteroatoms. The van der Waals surface area contributed by atoms with Crippen LogP contribution in [0, 0.1) is 6.92 Å². The van der Waals surface area contributed by atoms with E-state index in [2.05, 4.69) is 15.3 Å². The molecule has 3 rings (SSSR count). The molecule has 2 saturated carbocycles. The van der Waals surface area contributed by atoms with E-state index in [1.54, 1.807) is 6.20 Å². The minimum absolute atomic E-state index is 0.00301. The smallest absolute Gasteiger partial charge is 0.254 e. The molecule has 0 atom stereocenters. The molecule has 1 aromatic heterocycles. The maximum absolute atomic E-state index is 12.4. The molecule has 1 heterocycles. The van der Waals surface area contributed by atoms with Gasteiger partial charge in [-0.15, -0.1) is 0 Å². The molecule has 2 aliphatic rings. The zero-order valence-corrected chi connectivity index (χ0v) is 12.2. The molecule has 108 valence electrons. The van der Waals surface area contributed by atoms with Crippen LogP contribution in [0.25, 0.3) is 0 Å². The molecule has 2 fully saturated rings. The largest absolute Gasteiger partial charge is 0.349 e. The summed E-state index contributed by atoms with van der Waals surface area (Å²) in [6.07, 6.45) is 11.3. The summed E-state index contributed by atoms with van der Waals surface area (Å²) < 4.78 is 0. The van der Waals surface area contributed by atoms with E-state index in [0.29, 0.717) is 17.5 Å². The molecule has 0 bridgehead atoms. The van der Waals surface area contributed by atoms with Crippen molar-refractivity contribution in [2.75, 3.05) is 0 Å². The number of rotatable bonds is 3. The maximum atomic E-state index is 12.4. The summed E-state index contributed by atoms with van der Waals surface area (Å²) in [5, 5.41) is 3.16. The molecule has 1 amide bonds. The Morgan fingerprint density at radius 3 is 2.45 bits per heavy atom. The van der Waals surface area contributed by atoms with Gasteiger partial charge in [0.15, 0.2) is 0 Å². The van der Waals surface area contributed by atoms with Gasteiger partial charge in [0.25, 0.3) is 5.91 Å². The average molecular weight is 273 g/mol. The molecule has 1 N–H and O–H groups in total. The number of hydrogen-bond donors (Lipinski definition) is 1. The highest BCUT2D eigenvalue weighted by atomic mass is 16.1. The lowest BCUT2D eigenvalue weighted by Crippen LogP contribution is -2.35. The third-order valence-electron chi connectivity index (χ3n) is 4.38. The summed E-state index contributed by atoms with van der Waals surface area (Å²) in [7, 11) is 0. The van der Waals surface area contributed by atoms with E-state index in [4.69, 9.17) is 0 Å². The molecule has 0 saturated heterocycles. The van der Waals surface area contributed by atoms with Crippen LogP contribution in [0.1, 0.15) is 79.2 Å². The SMILES string of the molecule is Cc1nc(C2CC2)ncc1C(=O)NC1CCCCCC1. The van der Waals surface area contributed by atoms with Gasteiger partial charge in [0.05, 0.1) is 11.3 Å². The van der Waals surface area contributed by atoms with Gasteiger partial charge in [0.1, 0.15) is 5.82 Å². The number of nitrogens with zero attached hydrogens (tertiary/aromatic N) is 2. The Morgan fingerprint density at radius 1 is 1.15 bits per heavy atom. The normalized spacial score (nSPS) is 20.4. The zero-order valence-electron chi connectivity index (χ0n) is 12.2. The van der Waals surface area contributed by atoms with Crippen molar-refractivity contribution in [3.8, 4) is 0 Å². The van der Waals surface area contributed by atoms with Crippen LogP contribution in [0.5, 0.6) is 0 Å². The highest BCUT2D eigenvalue weighted by molar-refractivity contribution is 5.95. The topological polar surface area (TPSA) is 54.9 Å². The molecule has 1 aromatic rings.